The molecule has 2 aromatic rings. The molecule has 28 heavy (non-hydrogen) atoms. The Bertz CT molecular complexity index is 892. The summed E-state index contributed by atoms with van der Waals surface area (Å²) in [5.74, 6) is -1.68. The number of nitrogens with one attached hydrogen (secondary N) is 3. The maximum absolute atomic E-state index is 12.8. The standard InChI is InChI=1S/C21H22FN3O3/c1-14-3-9-18(15(2)13-14)23-19(26)11-12-21(28)25-24-20(27)10-6-16-4-7-17(22)8-5-16/h3-10,13H,11-12H2,1-2H3,(H,23,26)(H,24,27)(H,25,28). The second kappa shape index (κ2) is 10.0. The molecular formula is C21H22FN3O3. The van der Waals surface area contributed by atoms with Crippen molar-refractivity contribution in [2.24, 2.45) is 0 Å². The van der Waals surface area contributed by atoms with E-state index in [4.69, 9.17) is 0 Å². The predicted octanol–water partition coefficient (Wildman–Crippen LogP) is 3.02. The highest BCUT2D eigenvalue weighted by molar-refractivity contribution is 5.95. The van der Waals surface area contributed by atoms with Crippen LogP contribution in [0, 0.1) is 19.7 Å². The largest absolute Gasteiger partial charge is 0.326 e. The van der Waals surface area contributed by atoms with Crippen LogP contribution in [0.5, 0.6) is 0 Å². The maximum Gasteiger partial charge on any atom is 0.262 e. The van der Waals surface area contributed by atoms with Gasteiger partial charge in [-0.3, -0.25) is 25.2 Å². The van der Waals surface area contributed by atoms with Crippen LogP contribution >= 0.6 is 0 Å². The number of anilines is 1. The lowest BCUT2D eigenvalue weighted by Gasteiger charge is -2.09. The molecule has 7 heteroatoms. The first-order valence-corrected chi connectivity index (χ1v) is 8.73. The van der Waals surface area contributed by atoms with Gasteiger partial charge in [0.05, 0.1) is 0 Å². The molecule has 2 aromatic carbocycles. The Morgan fingerprint density at radius 3 is 2.29 bits per heavy atom. The van der Waals surface area contributed by atoms with Gasteiger partial charge in [-0.15, -0.1) is 0 Å². The average molecular weight is 383 g/mol. The number of benzene rings is 2. The van der Waals surface area contributed by atoms with Crippen LogP contribution in [0.2, 0.25) is 0 Å². The van der Waals surface area contributed by atoms with Gasteiger partial charge in [-0.25, -0.2) is 4.39 Å². The number of aryl methyl sites for hydroxylation is 2. The van der Waals surface area contributed by atoms with Crippen molar-refractivity contribution in [1.82, 2.24) is 10.9 Å². The molecule has 0 fully saturated rings. The van der Waals surface area contributed by atoms with Crippen LogP contribution in [0.15, 0.2) is 48.5 Å². The van der Waals surface area contributed by atoms with E-state index in [0.29, 0.717) is 11.3 Å². The molecule has 0 unspecified atom stereocenters. The number of hydrogen-bond acceptors (Lipinski definition) is 3. The molecule has 0 aliphatic heterocycles. The van der Waals surface area contributed by atoms with Gasteiger partial charge in [0, 0.05) is 24.6 Å². The molecule has 0 aliphatic rings. The topological polar surface area (TPSA) is 87.3 Å². The van der Waals surface area contributed by atoms with Crippen LogP contribution in [0.4, 0.5) is 10.1 Å². The minimum absolute atomic E-state index is 0.0135. The molecule has 0 spiro atoms. The van der Waals surface area contributed by atoms with E-state index in [0.717, 1.165) is 11.1 Å². The highest BCUT2D eigenvalue weighted by Gasteiger charge is 2.09. The Morgan fingerprint density at radius 2 is 1.61 bits per heavy atom. The Kier molecular flexibility index (Phi) is 7.45. The second-order valence-electron chi connectivity index (χ2n) is 6.29. The molecule has 3 amide bonds. The van der Waals surface area contributed by atoms with Crippen molar-refractivity contribution in [3.05, 3.63) is 71.0 Å². The molecule has 0 radical (unpaired) electrons. The van der Waals surface area contributed by atoms with Crippen LogP contribution < -0.4 is 16.2 Å². The van der Waals surface area contributed by atoms with Crippen LogP contribution in [0.1, 0.15) is 29.5 Å². The zero-order chi connectivity index (χ0) is 20.5. The Morgan fingerprint density at radius 1 is 0.929 bits per heavy atom. The molecular weight excluding hydrogens is 361 g/mol. The zero-order valence-electron chi connectivity index (χ0n) is 15.7. The summed E-state index contributed by atoms with van der Waals surface area (Å²) in [4.78, 5) is 35.4. The summed E-state index contributed by atoms with van der Waals surface area (Å²) >= 11 is 0. The van der Waals surface area contributed by atoms with E-state index in [9.17, 15) is 18.8 Å². The van der Waals surface area contributed by atoms with Gasteiger partial charge in [-0.2, -0.15) is 0 Å². The van der Waals surface area contributed by atoms with E-state index in [1.165, 1.54) is 36.4 Å². The average Bonchev–Trinajstić information content (AvgIpc) is 2.66. The summed E-state index contributed by atoms with van der Waals surface area (Å²) in [5, 5.41) is 2.76. The van der Waals surface area contributed by atoms with E-state index >= 15 is 0 Å². The third-order valence-electron chi connectivity index (χ3n) is 3.86. The Balaban J connectivity index is 1.70. The first kappa shape index (κ1) is 20.8. The van der Waals surface area contributed by atoms with Gasteiger partial charge in [-0.1, -0.05) is 29.8 Å². The van der Waals surface area contributed by atoms with E-state index < -0.39 is 11.8 Å². The molecule has 6 nitrogen and oxygen atoms in total. The van der Waals surface area contributed by atoms with Crippen LogP contribution in [0.3, 0.4) is 0 Å². The maximum atomic E-state index is 12.8. The Hall–Kier alpha value is -3.48. The van der Waals surface area contributed by atoms with Crippen molar-refractivity contribution in [2.45, 2.75) is 26.7 Å². The van der Waals surface area contributed by atoms with Crippen molar-refractivity contribution in [3.8, 4) is 0 Å². The summed E-state index contributed by atoms with van der Waals surface area (Å²) in [6, 6.07) is 11.3. The van der Waals surface area contributed by atoms with Gasteiger partial charge >= 0.3 is 0 Å². The minimum atomic E-state index is -0.544. The lowest BCUT2D eigenvalue weighted by atomic mass is 10.1. The summed E-state index contributed by atoms with van der Waals surface area (Å²) in [5.41, 5.74) is 7.85. The molecule has 146 valence electrons. The number of hydrazine groups is 1. The first-order chi connectivity index (χ1) is 13.3. The number of hydrogen-bond donors (Lipinski definition) is 3. The summed E-state index contributed by atoms with van der Waals surface area (Å²) in [6.07, 6.45) is 2.61. The summed E-state index contributed by atoms with van der Waals surface area (Å²) in [6.45, 7) is 3.86. The molecule has 0 saturated heterocycles. The molecule has 0 saturated carbocycles. The molecule has 0 aliphatic carbocycles. The van der Waals surface area contributed by atoms with Crippen LogP contribution in [0.25, 0.3) is 6.08 Å². The van der Waals surface area contributed by atoms with Gasteiger partial charge in [-0.05, 0) is 49.2 Å². The van der Waals surface area contributed by atoms with Crippen molar-refractivity contribution in [2.75, 3.05) is 5.32 Å². The highest BCUT2D eigenvalue weighted by Crippen LogP contribution is 2.16. The highest BCUT2D eigenvalue weighted by atomic mass is 19.1. The summed E-state index contributed by atoms with van der Waals surface area (Å²) in [7, 11) is 0. The van der Waals surface area contributed by atoms with Gasteiger partial charge in [0.15, 0.2) is 0 Å². The number of halogens is 1. The lowest BCUT2D eigenvalue weighted by Crippen LogP contribution is -2.41. The Labute approximate surface area is 162 Å². The number of carbonyl (C=O) groups excluding carboxylic acids is 3. The van der Waals surface area contributed by atoms with Gasteiger partial charge in [0.1, 0.15) is 5.82 Å². The van der Waals surface area contributed by atoms with Crippen molar-refractivity contribution >= 4 is 29.5 Å². The number of amides is 3. The minimum Gasteiger partial charge on any atom is -0.326 e. The van der Waals surface area contributed by atoms with Crippen LogP contribution in [-0.2, 0) is 14.4 Å². The molecule has 0 atom stereocenters. The molecule has 0 aromatic heterocycles. The van der Waals surface area contributed by atoms with E-state index in [1.807, 2.05) is 32.0 Å². The summed E-state index contributed by atoms with van der Waals surface area (Å²) < 4.78 is 12.8. The van der Waals surface area contributed by atoms with Crippen molar-refractivity contribution in [1.29, 1.82) is 0 Å². The third-order valence-corrected chi connectivity index (χ3v) is 3.86. The van der Waals surface area contributed by atoms with E-state index in [1.54, 1.807) is 0 Å². The quantitative estimate of drug-likeness (QED) is 0.529. The number of rotatable bonds is 6. The number of carbonyl (C=O) groups is 3. The normalized spacial score (nSPS) is 10.5. The fourth-order valence-corrected chi connectivity index (χ4v) is 2.37. The fraction of sp³-hybridized carbons (Fsp3) is 0.190. The van der Waals surface area contributed by atoms with Crippen molar-refractivity contribution in [3.63, 3.8) is 0 Å². The van der Waals surface area contributed by atoms with Gasteiger partial charge in [0.2, 0.25) is 11.8 Å². The fourth-order valence-electron chi connectivity index (χ4n) is 2.37. The van der Waals surface area contributed by atoms with Crippen molar-refractivity contribution < 1.29 is 18.8 Å². The SMILES string of the molecule is Cc1ccc(NC(=O)CCC(=O)NNC(=O)C=Cc2ccc(F)cc2)c(C)c1. The van der Waals surface area contributed by atoms with Gasteiger partial charge in [0.25, 0.3) is 5.91 Å². The molecule has 0 heterocycles. The predicted molar refractivity (Wildman–Crippen MR) is 105 cm³/mol. The smallest absolute Gasteiger partial charge is 0.262 e. The third kappa shape index (κ3) is 7.03. The van der Waals surface area contributed by atoms with E-state index in [2.05, 4.69) is 16.2 Å². The van der Waals surface area contributed by atoms with E-state index in [-0.39, 0.29) is 24.6 Å². The molecule has 3 N–H and O–H groups in total. The first-order valence-electron chi connectivity index (χ1n) is 8.73. The van der Waals surface area contributed by atoms with Crippen LogP contribution in [-0.4, -0.2) is 17.7 Å². The second-order valence-corrected chi connectivity index (χ2v) is 6.29. The monoisotopic (exact) mass is 383 g/mol. The molecule has 2 rings (SSSR count). The molecule has 0 bridgehead atoms. The zero-order valence-corrected chi connectivity index (χ0v) is 15.7. The van der Waals surface area contributed by atoms with Gasteiger partial charge < -0.3 is 5.32 Å². The lowest BCUT2D eigenvalue weighted by molar-refractivity contribution is -0.128.